The maximum atomic E-state index is 3.46. The lowest BCUT2D eigenvalue weighted by molar-refractivity contribution is 0.0591. The van der Waals surface area contributed by atoms with Gasteiger partial charge in [0.2, 0.25) is 0 Å². The third-order valence-corrected chi connectivity index (χ3v) is 4.65. The summed E-state index contributed by atoms with van der Waals surface area (Å²) in [6, 6.07) is 2.32. The second kappa shape index (κ2) is 12.4. The monoisotopic (exact) mass is 299 g/mol. The van der Waals surface area contributed by atoms with Gasteiger partial charge in [-0.3, -0.25) is 9.80 Å². The smallest absolute Gasteiger partial charge is 0.0113 e. The Kier molecular flexibility index (Phi) is 12.4. The maximum Gasteiger partial charge on any atom is 0.0113 e. The Hall–Kier alpha value is -0.120. The van der Waals surface area contributed by atoms with Gasteiger partial charge >= 0.3 is 0 Å². The van der Waals surface area contributed by atoms with Crippen LogP contribution in [0, 0.1) is 0 Å². The second-order valence-electron chi connectivity index (χ2n) is 5.97. The largest absolute Gasteiger partial charge is 0.317 e. The van der Waals surface area contributed by atoms with Crippen molar-refractivity contribution >= 4 is 0 Å². The highest BCUT2D eigenvalue weighted by Crippen LogP contribution is 2.24. The summed E-state index contributed by atoms with van der Waals surface area (Å²) in [6.45, 7) is 17.7. The lowest BCUT2D eigenvalue weighted by atomic mass is 9.89. The third kappa shape index (κ3) is 7.12. The fourth-order valence-corrected chi connectivity index (χ4v) is 3.38. The predicted octanol–water partition coefficient (Wildman–Crippen LogP) is 3.60. The SMILES string of the molecule is CC.CC.CNC1CCCC(N2CCN(C(C)C)CC2)C1. The molecule has 0 amide bonds. The maximum absolute atomic E-state index is 3.46. The molecule has 2 fully saturated rings. The van der Waals surface area contributed by atoms with Crippen molar-refractivity contribution in [2.45, 2.75) is 85.4 Å². The molecule has 2 atom stereocenters. The molecular formula is C18H41N3. The summed E-state index contributed by atoms with van der Waals surface area (Å²) in [6.07, 6.45) is 5.55. The zero-order valence-corrected chi connectivity index (χ0v) is 15.8. The van der Waals surface area contributed by atoms with Crippen LogP contribution in [-0.4, -0.2) is 61.2 Å². The molecule has 0 spiro atoms. The average Bonchev–Trinajstić information content (AvgIpc) is 2.58. The van der Waals surface area contributed by atoms with E-state index in [2.05, 4.69) is 36.0 Å². The zero-order chi connectivity index (χ0) is 16.3. The van der Waals surface area contributed by atoms with Crippen molar-refractivity contribution < 1.29 is 0 Å². The first-order valence-electron chi connectivity index (χ1n) is 9.36. The quantitative estimate of drug-likeness (QED) is 0.859. The van der Waals surface area contributed by atoms with Crippen LogP contribution in [0.25, 0.3) is 0 Å². The van der Waals surface area contributed by atoms with E-state index < -0.39 is 0 Å². The highest BCUT2D eigenvalue weighted by molar-refractivity contribution is 4.86. The molecule has 1 saturated carbocycles. The van der Waals surface area contributed by atoms with E-state index in [9.17, 15) is 0 Å². The Morgan fingerprint density at radius 3 is 1.95 bits per heavy atom. The van der Waals surface area contributed by atoms with Crippen LogP contribution in [0.3, 0.4) is 0 Å². The minimum atomic E-state index is 0.716. The second-order valence-corrected chi connectivity index (χ2v) is 5.97. The molecule has 3 nitrogen and oxygen atoms in total. The van der Waals surface area contributed by atoms with Gasteiger partial charge in [-0.05, 0) is 40.2 Å². The Balaban J connectivity index is 0.000000921. The number of rotatable bonds is 3. The molecule has 1 aliphatic heterocycles. The van der Waals surface area contributed by atoms with Gasteiger partial charge in [0.15, 0.2) is 0 Å². The summed E-state index contributed by atoms with van der Waals surface area (Å²) < 4.78 is 0. The van der Waals surface area contributed by atoms with E-state index >= 15 is 0 Å². The third-order valence-electron chi connectivity index (χ3n) is 4.65. The van der Waals surface area contributed by atoms with Crippen molar-refractivity contribution in [1.82, 2.24) is 15.1 Å². The molecule has 2 unspecified atom stereocenters. The molecule has 2 rings (SSSR count). The molecule has 0 bridgehead atoms. The molecule has 128 valence electrons. The Bertz CT molecular complexity index is 223. The molecule has 1 N–H and O–H groups in total. The van der Waals surface area contributed by atoms with Crippen LogP contribution in [0.2, 0.25) is 0 Å². The van der Waals surface area contributed by atoms with Crippen LogP contribution in [0.4, 0.5) is 0 Å². The van der Waals surface area contributed by atoms with E-state index in [0.29, 0.717) is 6.04 Å². The van der Waals surface area contributed by atoms with Gasteiger partial charge in [-0.1, -0.05) is 34.1 Å². The number of nitrogens with one attached hydrogen (secondary N) is 1. The van der Waals surface area contributed by atoms with Gasteiger partial charge in [-0.2, -0.15) is 0 Å². The molecule has 1 saturated heterocycles. The van der Waals surface area contributed by atoms with E-state index in [1.807, 2.05) is 27.7 Å². The summed E-state index contributed by atoms with van der Waals surface area (Å²) in [7, 11) is 2.11. The van der Waals surface area contributed by atoms with Crippen molar-refractivity contribution in [2.24, 2.45) is 0 Å². The minimum absolute atomic E-state index is 0.716. The zero-order valence-electron chi connectivity index (χ0n) is 15.8. The normalized spacial score (nSPS) is 27.4. The molecule has 1 heterocycles. The van der Waals surface area contributed by atoms with Gasteiger partial charge in [0.1, 0.15) is 0 Å². The fourth-order valence-electron chi connectivity index (χ4n) is 3.38. The van der Waals surface area contributed by atoms with Crippen LogP contribution in [0.5, 0.6) is 0 Å². The summed E-state index contributed by atoms with van der Waals surface area (Å²) in [5, 5.41) is 3.46. The number of piperazine rings is 1. The molecule has 21 heavy (non-hydrogen) atoms. The first kappa shape index (κ1) is 20.9. The lowest BCUT2D eigenvalue weighted by Gasteiger charge is -2.43. The molecule has 0 radical (unpaired) electrons. The first-order valence-corrected chi connectivity index (χ1v) is 9.36. The van der Waals surface area contributed by atoms with Crippen LogP contribution in [0.15, 0.2) is 0 Å². The van der Waals surface area contributed by atoms with Crippen molar-refractivity contribution in [2.75, 3.05) is 33.2 Å². The van der Waals surface area contributed by atoms with Crippen LogP contribution < -0.4 is 5.32 Å². The molecule has 2 aliphatic rings. The van der Waals surface area contributed by atoms with Gasteiger partial charge in [-0.15, -0.1) is 0 Å². The van der Waals surface area contributed by atoms with Gasteiger partial charge in [0.25, 0.3) is 0 Å². The predicted molar refractivity (Wildman–Crippen MR) is 96.1 cm³/mol. The lowest BCUT2D eigenvalue weighted by Crippen LogP contribution is -2.54. The van der Waals surface area contributed by atoms with Gasteiger partial charge < -0.3 is 5.32 Å². The van der Waals surface area contributed by atoms with E-state index in [1.165, 1.54) is 51.9 Å². The fraction of sp³-hybridized carbons (Fsp3) is 1.00. The minimum Gasteiger partial charge on any atom is -0.317 e. The molecular weight excluding hydrogens is 258 g/mol. The van der Waals surface area contributed by atoms with Crippen molar-refractivity contribution in [3.05, 3.63) is 0 Å². The van der Waals surface area contributed by atoms with Crippen molar-refractivity contribution in [3.8, 4) is 0 Å². The standard InChI is InChI=1S/C14H29N3.2C2H6/c1-12(2)16-7-9-17(10-8-16)14-6-4-5-13(11-14)15-3;2*1-2/h12-15H,4-11H2,1-3H3;2*1-2H3. The number of hydrogen-bond donors (Lipinski definition) is 1. The molecule has 3 heteroatoms. The molecule has 0 aromatic rings. The van der Waals surface area contributed by atoms with Crippen molar-refractivity contribution in [3.63, 3.8) is 0 Å². The van der Waals surface area contributed by atoms with Crippen LogP contribution in [-0.2, 0) is 0 Å². The average molecular weight is 300 g/mol. The summed E-state index contributed by atoms with van der Waals surface area (Å²) in [4.78, 5) is 5.34. The number of nitrogens with zero attached hydrogens (tertiary/aromatic N) is 2. The molecule has 0 aromatic carbocycles. The van der Waals surface area contributed by atoms with Gasteiger partial charge in [-0.25, -0.2) is 0 Å². The Morgan fingerprint density at radius 1 is 0.905 bits per heavy atom. The molecule has 0 aromatic heterocycles. The number of hydrogen-bond acceptors (Lipinski definition) is 3. The highest BCUT2D eigenvalue weighted by atomic mass is 15.3. The van der Waals surface area contributed by atoms with Crippen LogP contribution >= 0.6 is 0 Å². The molecule has 1 aliphatic carbocycles. The van der Waals surface area contributed by atoms with Gasteiger partial charge in [0, 0.05) is 44.3 Å². The van der Waals surface area contributed by atoms with Crippen molar-refractivity contribution in [1.29, 1.82) is 0 Å². The topological polar surface area (TPSA) is 18.5 Å². The highest BCUT2D eigenvalue weighted by Gasteiger charge is 2.28. The summed E-state index contributed by atoms with van der Waals surface area (Å²) in [5.41, 5.74) is 0. The summed E-state index contributed by atoms with van der Waals surface area (Å²) >= 11 is 0. The van der Waals surface area contributed by atoms with E-state index in [4.69, 9.17) is 0 Å². The van der Waals surface area contributed by atoms with E-state index in [1.54, 1.807) is 0 Å². The first-order chi connectivity index (χ1) is 10.2. The van der Waals surface area contributed by atoms with Crippen LogP contribution in [0.1, 0.15) is 67.2 Å². The van der Waals surface area contributed by atoms with E-state index in [0.717, 1.165) is 12.1 Å². The van der Waals surface area contributed by atoms with Gasteiger partial charge in [0.05, 0.1) is 0 Å². The Morgan fingerprint density at radius 2 is 1.48 bits per heavy atom. The summed E-state index contributed by atoms with van der Waals surface area (Å²) in [5.74, 6) is 0. The Labute approximate surface area is 134 Å². The van der Waals surface area contributed by atoms with E-state index in [-0.39, 0.29) is 0 Å².